The van der Waals surface area contributed by atoms with Gasteiger partial charge in [-0.25, -0.2) is 0 Å². The molecule has 0 unspecified atom stereocenters. The van der Waals surface area contributed by atoms with Gasteiger partial charge in [0.05, 0.1) is 46.3 Å². The van der Waals surface area contributed by atoms with Gasteiger partial charge in [0.1, 0.15) is 22.0 Å². The van der Waals surface area contributed by atoms with Gasteiger partial charge in [-0.3, -0.25) is 13.7 Å². The largest absolute Gasteiger partial charge is 0.505 e. The van der Waals surface area contributed by atoms with Crippen molar-refractivity contribution in [1.82, 2.24) is 0 Å². The summed E-state index contributed by atoms with van der Waals surface area (Å²) in [5, 5.41) is 51.4. The summed E-state index contributed by atoms with van der Waals surface area (Å²) < 4.78 is 108. The van der Waals surface area contributed by atoms with E-state index in [1.165, 1.54) is 48.5 Å². The fraction of sp³-hybridized carbons (Fsp3) is 0.0455. The van der Waals surface area contributed by atoms with Crippen molar-refractivity contribution in [3.8, 4) is 11.5 Å². The number of hydrogen-bond donors (Lipinski definition) is 6. The number of aromatic hydroxyl groups is 1. The molecule has 0 fully saturated rings. The maximum atomic E-state index is 12.2. The second-order valence-corrected chi connectivity index (χ2v) is 18.6. The van der Waals surface area contributed by atoms with E-state index >= 15 is 0 Å². The number of ether oxygens (including phenoxy) is 1. The number of aliphatic hydroxyl groups excluding tert-OH is 1. The highest BCUT2D eigenvalue weighted by molar-refractivity contribution is 7.86. The molecule has 0 radical (unpaired) electrons. The average Bonchev–Trinajstić information content (AvgIpc) is 3.29. The maximum absolute atomic E-state index is 12.2. The van der Waals surface area contributed by atoms with Crippen LogP contribution < -0.4 is 10.1 Å². The van der Waals surface area contributed by atoms with E-state index in [1.807, 2.05) is 30.3 Å². The van der Waals surface area contributed by atoms with Crippen molar-refractivity contribution in [2.75, 3.05) is 12.4 Å². The SMILES string of the molecule is COc1ccc(Nc2ccc3c(O)c(N=Nc4ccc(N=Nc5ccc(N=Nc6ccc(CO)cc6S(=O)(=O)O)c6ccc(S(=O)(=O)O)cc56)c5ccc(S(=O)(=O)O)cc45)ccc3c2)cc1. The van der Waals surface area contributed by atoms with E-state index in [0.717, 1.165) is 41.7 Å². The minimum absolute atomic E-state index is 0.0576. The average molecular weight is 948 g/mol. The number of benzene rings is 8. The summed E-state index contributed by atoms with van der Waals surface area (Å²) in [4.78, 5) is -1.59. The van der Waals surface area contributed by atoms with Crippen LogP contribution in [0.25, 0.3) is 32.3 Å². The lowest BCUT2D eigenvalue weighted by Gasteiger charge is -2.10. The summed E-state index contributed by atoms with van der Waals surface area (Å²) in [6, 6.07) is 32.6. The van der Waals surface area contributed by atoms with Crippen molar-refractivity contribution in [2.45, 2.75) is 21.3 Å². The molecule has 0 atom stereocenters. The highest BCUT2D eigenvalue weighted by atomic mass is 32.2. The van der Waals surface area contributed by atoms with E-state index in [0.29, 0.717) is 16.5 Å². The van der Waals surface area contributed by atoms with E-state index in [-0.39, 0.29) is 67.0 Å². The molecule has 0 spiro atoms. The van der Waals surface area contributed by atoms with E-state index in [1.54, 1.807) is 31.4 Å². The van der Waals surface area contributed by atoms with E-state index < -0.39 is 51.6 Å². The van der Waals surface area contributed by atoms with Crippen molar-refractivity contribution >= 4 is 108 Å². The third-order valence-corrected chi connectivity index (χ3v) is 12.7. The first kappa shape index (κ1) is 45.0. The van der Waals surface area contributed by atoms with E-state index in [9.17, 15) is 49.1 Å². The molecule has 0 amide bonds. The Balaban J connectivity index is 1.15. The lowest BCUT2D eigenvalue weighted by Crippen LogP contribution is -1.99. The smallest absolute Gasteiger partial charge is 0.296 e. The molecule has 0 saturated carbocycles. The molecule has 0 saturated heterocycles. The molecule has 8 aromatic rings. The van der Waals surface area contributed by atoms with Crippen LogP contribution in [0.15, 0.2) is 179 Å². The third-order valence-electron chi connectivity index (χ3n) is 10.1. The number of anilines is 2. The van der Waals surface area contributed by atoms with Crippen LogP contribution in [0.3, 0.4) is 0 Å². The fourth-order valence-corrected chi connectivity index (χ4v) is 8.52. The van der Waals surface area contributed by atoms with Gasteiger partial charge in [0.2, 0.25) is 0 Å². The zero-order valence-electron chi connectivity index (χ0n) is 33.9. The van der Waals surface area contributed by atoms with Gasteiger partial charge in [-0.15, -0.1) is 30.7 Å². The number of rotatable bonds is 13. The van der Waals surface area contributed by atoms with Crippen LogP contribution in [-0.2, 0) is 37.0 Å². The molecule has 8 rings (SSSR count). The minimum atomic E-state index is -4.79. The van der Waals surface area contributed by atoms with Gasteiger partial charge >= 0.3 is 0 Å². The Labute approximate surface area is 375 Å². The quantitative estimate of drug-likeness (QED) is 0.0463. The Hall–Kier alpha value is -7.57. The van der Waals surface area contributed by atoms with Gasteiger partial charge in [-0.2, -0.15) is 25.3 Å². The van der Waals surface area contributed by atoms with Crippen molar-refractivity contribution in [3.63, 3.8) is 0 Å². The highest BCUT2D eigenvalue weighted by Gasteiger charge is 2.19. The predicted molar refractivity (Wildman–Crippen MR) is 244 cm³/mol. The summed E-state index contributed by atoms with van der Waals surface area (Å²) in [6.07, 6.45) is 0. The second-order valence-electron chi connectivity index (χ2n) is 14.3. The zero-order chi connectivity index (χ0) is 47.0. The molecule has 0 aliphatic rings. The van der Waals surface area contributed by atoms with Crippen LogP contribution in [0.2, 0.25) is 0 Å². The van der Waals surface area contributed by atoms with Gasteiger partial charge < -0.3 is 20.3 Å². The number of aliphatic hydroxyl groups is 1. The van der Waals surface area contributed by atoms with Crippen LogP contribution in [0.4, 0.5) is 45.5 Å². The first-order valence-electron chi connectivity index (χ1n) is 19.1. The molecule has 22 heteroatoms. The van der Waals surface area contributed by atoms with Gasteiger partial charge in [0, 0.05) is 38.3 Å². The molecule has 8 aromatic carbocycles. The topological polar surface area (TPSA) is 299 Å². The number of hydrogen-bond acceptors (Lipinski definition) is 16. The van der Waals surface area contributed by atoms with Gasteiger partial charge in [-0.05, 0) is 120 Å². The molecule has 0 aliphatic carbocycles. The van der Waals surface area contributed by atoms with Crippen molar-refractivity contribution < 1.29 is 53.9 Å². The summed E-state index contributed by atoms with van der Waals surface area (Å²) in [6.45, 7) is -0.515. The highest BCUT2D eigenvalue weighted by Crippen LogP contribution is 2.42. The summed E-state index contributed by atoms with van der Waals surface area (Å²) in [7, 11) is -12.6. The second kappa shape index (κ2) is 17.8. The van der Waals surface area contributed by atoms with E-state index in [2.05, 4.69) is 36.0 Å². The number of nitrogens with zero attached hydrogens (tertiary/aromatic N) is 6. The lowest BCUT2D eigenvalue weighted by molar-refractivity contribution is 0.281. The number of phenols is 1. The monoisotopic (exact) mass is 947 g/mol. The molecular weight excluding hydrogens is 915 g/mol. The molecule has 66 heavy (non-hydrogen) atoms. The maximum Gasteiger partial charge on any atom is 0.296 e. The van der Waals surface area contributed by atoms with Gasteiger partial charge in [0.25, 0.3) is 30.4 Å². The third kappa shape index (κ3) is 9.59. The molecule has 334 valence electrons. The van der Waals surface area contributed by atoms with Crippen molar-refractivity contribution in [3.05, 3.63) is 139 Å². The van der Waals surface area contributed by atoms with Crippen LogP contribution in [0.1, 0.15) is 5.56 Å². The Bertz CT molecular complexity index is 3700. The first-order chi connectivity index (χ1) is 31.4. The molecular formula is C44H33N7O12S3. The Morgan fingerprint density at radius 2 is 0.924 bits per heavy atom. The van der Waals surface area contributed by atoms with Crippen LogP contribution in [0, 0.1) is 0 Å². The predicted octanol–water partition coefficient (Wildman–Crippen LogP) is 11.1. The van der Waals surface area contributed by atoms with Gasteiger partial charge in [0.15, 0.2) is 5.75 Å². The van der Waals surface area contributed by atoms with E-state index in [4.69, 9.17) is 4.74 Å². The Morgan fingerprint density at radius 3 is 1.42 bits per heavy atom. The van der Waals surface area contributed by atoms with Crippen LogP contribution in [0.5, 0.6) is 11.5 Å². The van der Waals surface area contributed by atoms with Crippen LogP contribution >= 0.6 is 0 Å². The molecule has 0 aliphatic heterocycles. The van der Waals surface area contributed by atoms with Crippen molar-refractivity contribution in [2.24, 2.45) is 30.7 Å². The summed E-state index contributed by atoms with van der Waals surface area (Å²) in [5.41, 5.74) is 2.01. The van der Waals surface area contributed by atoms with Crippen molar-refractivity contribution in [1.29, 1.82) is 0 Å². The fourth-order valence-electron chi connectivity index (χ4n) is 6.83. The Kier molecular flexibility index (Phi) is 12.1. The summed E-state index contributed by atoms with van der Waals surface area (Å²) in [5.74, 6) is 0.542. The number of nitrogens with one attached hydrogen (secondary N) is 1. The minimum Gasteiger partial charge on any atom is -0.505 e. The molecule has 0 heterocycles. The number of azo groups is 3. The molecule has 6 N–H and O–H groups in total. The first-order valence-corrected chi connectivity index (χ1v) is 23.4. The Morgan fingerprint density at radius 1 is 0.470 bits per heavy atom. The molecule has 19 nitrogen and oxygen atoms in total. The molecule has 0 aromatic heterocycles. The number of phenolic OH excluding ortho intramolecular Hbond substituents is 1. The molecule has 0 bridgehead atoms. The zero-order valence-corrected chi connectivity index (χ0v) is 36.4. The lowest BCUT2D eigenvalue weighted by atomic mass is 10.1. The van der Waals surface area contributed by atoms with Crippen LogP contribution in [-0.4, -0.2) is 56.2 Å². The number of fused-ring (bicyclic) bond motifs is 3. The standard InChI is InChI=1S/C44H33N7O12S3/c1-63-29-7-4-27(5-8-29)45-28-6-11-32-26(21-28)3-15-42(44(32)53)51-49-40-19-16-37(33-12-9-31(23-36(33)40)65(57,58)59)46-48-39-18-17-38(34-13-10-30(22-35(34)39)64(54,55)56)47-50-41-14-2-25(24-52)20-43(41)66(60,61)62/h2-23,45,52-53H,24H2,1H3,(H,54,55,56)(H,57,58,59)(H,60,61,62). The number of methoxy groups -OCH3 is 1. The van der Waals surface area contributed by atoms with Gasteiger partial charge in [-0.1, -0.05) is 24.3 Å². The summed E-state index contributed by atoms with van der Waals surface area (Å²) >= 11 is 0. The normalized spacial score (nSPS) is 12.6.